The molecule has 1 fully saturated rings. The first-order valence-electron chi connectivity index (χ1n) is 7.21. The zero-order valence-electron chi connectivity index (χ0n) is 12.0. The highest BCUT2D eigenvalue weighted by molar-refractivity contribution is 6.42. The van der Waals surface area contributed by atoms with Crippen molar-refractivity contribution in [3.05, 3.63) is 58.1 Å². The second-order valence-corrected chi connectivity index (χ2v) is 6.42. The van der Waals surface area contributed by atoms with E-state index in [0.717, 1.165) is 24.2 Å². The van der Waals surface area contributed by atoms with Crippen LogP contribution in [0.4, 0.5) is 0 Å². The van der Waals surface area contributed by atoms with Gasteiger partial charge in [-0.3, -0.25) is 14.9 Å². The number of β-amino-alcohol motifs (C(OH)–C–C–N with tert-alkyl or cyclic N) is 1. The van der Waals surface area contributed by atoms with Gasteiger partial charge in [0, 0.05) is 44.1 Å². The van der Waals surface area contributed by atoms with Crippen LogP contribution in [0.1, 0.15) is 11.3 Å². The molecule has 0 amide bonds. The maximum Gasteiger partial charge on any atom is 0.0711 e. The van der Waals surface area contributed by atoms with Crippen molar-refractivity contribution in [2.75, 3.05) is 13.1 Å². The fraction of sp³-hybridized carbons (Fsp3) is 0.375. The smallest absolute Gasteiger partial charge is 0.0711 e. The highest BCUT2D eigenvalue weighted by atomic mass is 35.5. The summed E-state index contributed by atoms with van der Waals surface area (Å²) in [6.07, 6.45) is 5.46. The zero-order valence-corrected chi connectivity index (χ0v) is 13.5. The molecule has 1 saturated heterocycles. The maximum absolute atomic E-state index is 10.3. The summed E-state index contributed by atoms with van der Waals surface area (Å²) in [6.45, 7) is 2.13. The van der Waals surface area contributed by atoms with Gasteiger partial charge in [0.2, 0.25) is 0 Å². The van der Waals surface area contributed by atoms with E-state index in [2.05, 4.69) is 14.9 Å². The van der Waals surface area contributed by atoms with Crippen LogP contribution in [0.5, 0.6) is 0 Å². The molecule has 0 radical (unpaired) electrons. The van der Waals surface area contributed by atoms with Crippen molar-refractivity contribution < 1.29 is 5.11 Å². The molecule has 0 bridgehead atoms. The first-order valence-corrected chi connectivity index (χ1v) is 7.97. The van der Waals surface area contributed by atoms with Crippen molar-refractivity contribution in [1.29, 1.82) is 0 Å². The van der Waals surface area contributed by atoms with E-state index in [9.17, 15) is 5.11 Å². The van der Waals surface area contributed by atoms with Crippen molar-refractivity contribution >= 4 is 23.2 Å². The number of hydrogen-bond acceptors (Lipinski definition) is 4. The van der Waals surface area contributed by atoms with Crippen molar-refractivity contribution in [2.24, 2.45) is 5.92 Å². The van der Waals surface area contributed by atoms with E-state index in [4.69, 9.17) is 23.2 Å². The molecule has 0 aliphatic carbocycles. The Morgan fingerprint density at radius 2 is 2.09 bits per heavy atom. The molecule has 22 heavy (non-hydrogen) atoms. The molecule has 4 nitrogen and oxygen atoms in total. The molecule has 0 spiro atoms. The lowest BCUT2D eigenvalue weighted by Crippen LogP contribution is -2.21. The second-order valence-electron chi connectivity index (χ2n) is 5.64. The summed E-state index contributed by atoms with van der Waals surface area (Å²) in [6, 6.07) is 5.65. The minimum atomic E-state index is -0.361. The minimum Gasteiger partial charge on any atom is -0.391 e. The van der Waals surface area contributed by atoms with Crippen LogP contribution >= 0.6 is 23.2 Å². The Bertz CT molecular complexity index is 639. The molecule has 1 aliphatic rings. The Labute approximate surface area is 139 Å². The molecule has 0 saturated carbocycles. The van der Waals surface area contributed by atoms with E-state index < -0.39 is 0 Å². The summed E-state index contributed by atoms with van der Waals surface area (Å²) < 4.78 is 0. The van der Waals surface area contributed by atoms with E-state index in [-0.39, 0.29) is 12.0 Å². The maximum atomic E-state index is 10.3. The van der Waals surface area contributed by atoms with E-state index >= 15 is 0 Å². The van der Waals surface area contributed by atoms with Crippen molar-refractivity contribution in [1.82, 2.24) is 14.9 Å². The van der Waals surface area contributed by atoms with Gasteiger partial charge < -0.3 is 5.11 Å². The molecule has 2 heterocycles. The third kappa shape index (κ3) is 3.58. The van der Waals surface area contributed by atoms with Crippen molar-refractivity contribution in [3.63, 3.8) is 0 Å². The first-order chi connectivity index (χ1) is 10.6. The SMILES string of the molecule is O[C@@H]1CN(Cc2cccc(Cl)c2Cl)C[C@H]1Cc1cnccn1. The lowest BCUT2D eigenvalue weighted by Gasteiger charge is -2.16. The Balaban J connectivity index is 1.64. The monoisotopic (exact) mass is 337 g/mol. The molecule has 1 aromatic heterocycles. The van der Waals surface area contributed by atoms with Crippen molar-refractivity contribution in [2.45, 2.75) is 19.1 Å². The molecule has 0 unspecified atom stereocenters. The first kappa shape index (κ1) is 15.7. The van der Waals surface area contributed by atoms with Gasteiger partial charge in [-0.05, 0) is 18.1 Å². The number of aliphatic hydroxyl groups excluding tert-OH is 1. The standard InChI is InChI=1S/C16H17Cl2N3O/c17-14-3-1-2-11(16(14)18)8-21-9-12(15(22)10-21)6-13-7-19-4-5-20-13/h1-5,7,12,15,22H,6,8-10H2/t12-,15-/m1/s1. The molecule has 116 valence electrons. The summed E-state index contributed by atoms with van der Waals surface area (Å²) in [5, 5.41) is 11.4. The lowest BCUT2D eigenvalue weighted by molar-refractivity contribution is 0.140. The van der Waals surface area contributed by atoms with Gasteiger partial charge in [-0.2, -0.15) is 0 Å². The molecular weight excluding hydrogens is 321 g/mol. The highest BCUT2D eigenvalue weighted by Gasteiger charge is 2.31. The summed E-state index contributed by atoms with van der Waals surface area (Å²) in [7, 11) is 0. The largest absolute Gasteiger partial charge is 0.391 e. The predicted molar refractivity (Wildman–Crippen MR) is 87.0 cm³/mol. The Kier molecular flexibility index (Phi) is 4.93. The van der Waals surface area contributed by atoms with Crippen LogP contribution in [0.15, 0.2) is 36.8 Å². The summed E-state index contributed by atoms with van der Waals surface area (Å²) in [4.78, 5) is 10.5. The van der Waals surface area contributed by atoms with Gasteiger partial charge >= 0.3 is 0 Å². The number of rotatable bonds is 4. The van der Waals surface area contributed by atoms with E-state index in [0.29, 0.717) is 23.1 Å². The van der Waals surface area contributed by atoms with Crippen LogP contribution in [-0.2, 0) is 13.0 Å². The number of hydrogen-bond donors (Lipinski definition) is 1. The van der Waals surface area contributed by atoms with Crippen LogP contribution in [0.3, 0.4) is 0 Å². The highest BCUT2D eigenvalue weighted by Crippen LogP contribution is 2.29. The molecular formula is C16H17Cl2N3O. The Hall–Kier alpha value is -1.20. The van der Waals surface area contributed by atoms with Crippen LogP contribution < -0.4 is 0 Å². The third-order valence-corrected chi connectivity index (χ3v) is 4.85. The van der Waals surface area contributed by atoms with Gasteiger partial charge in [0.05, 0.1) is 21.8 Å². The fourth-order valence-electron chi connectivity index (χ4n) is 2.89. The van der Waals surface area contributed by atoms with Gasteiger partial charge in [-0.25, -0.2) is 0 Å². The average molecular weight is 338 g/mol. The normalized spacial score (nSPS) is 22.1. The number of aliphatic hydroxyl groups is 1. The summed E-state index contributed by atoms with van der Waals surface area (Å²) in [5.41, 5.74) is 1.90. The molecule has 2 aromatic rings. The van der Waals surface area contributed by atoms with Gasteiger partial charge in [0.15, 0.2) is 0 Å². The quantitative estimate of drug-likeness (QED) is 0.931. The number of aromatic nitrogens is 2. The van der Waals surface area contributed by atoms with E-state index in [1.165, 1.54) is 0 Å². The topological polar surface area (TPSA) is 49.2 Å². The number of nitrogens with zero attached hydrogens (tertiary/aromatic N) is 3. The summed E-state index contributed by atoms with van der Waals surface area (Å²) >= 11 is 12.3. The summed E-state index contributed by atoms with van der Waals surface area (Å²) in [5.74, 6) is 0.162. The molecule has 1 aliphatic heterocycles. The van der Waals surface area contributed by atoms with Gasteiger partial charge in [-0.15, -0.1) is 0 Å². The number of halogens is 2. The van der Waals surface area contributed by atoms with Gasteiger partial charge in [0.1, 0.15) is 0 Å². The Morgan fingerprint density at radius 3 is 2.86 bits per heavy atom. The molecule has 3 rings (SSSR count). The second kappa shape index (κ2) is 6.92. The predicted octanol–water partition coefficient (Wildman–Crippen LogP) is 2.82. The lowest BCUT2D eigenvalue weighted by atomic mass is 10.0. The van der Waals surface area contributed by atoms with Gasteiger partial charge in [-0.1, -0.05) is 35.3 Å². The van der Waals surface area contributed by atoms with Crippen LogP contribution in [0.2, 0.25) is 10.0 Å². The number of likely N-dealkylation sites (tertiary alicyclic amines) is 1. The fourth-order valence-corrected chi connectivity index (χ4v) is 3.27. The van der Waals surface area contributed by atoms with Gasteiger partial charge in [0.25, 0.3) is 0 Å². The third-order valence-electron chi connectivity index (χ3n) is 4.00. The van der Waals surface area contributed by atoms with E-state index in [1.54, 1.807) is 24.7 Å². The average Bonchev–Trinajstić information content (AvgIpc) is 2.85. The molecule has 6 heteroatoms. The van der Waals surface area contributed by atoms with E-state index in [1.807, 2.05) is 12.1 Å². The van der Waals surface area contributed by atoms with Crippen LogP contribution in [-0.4, -0.2) is 39.2 Å². The van der Waals surface area contributed by atoms with Crippen molar-refractivity contribution in [3.8, 4) is 0 Å². The molecule has 1 aromatic carbocycles. The number of benzene rings is 1. The molecule has 1 N–H and O–H groups in total. The minimum absolute atomic E-state index is 0.162. The zero-order chi connectivity index (χ0) is 15.5. The van der Waals surface area contributed by atoms with Crippen LogP contribution in [0.25, 0.3) is 0 Å². The molecule has 2 atom stereocenters. The Morgan fingerprint density at radius 1 is 1.23 bits per heavy atom. The van der Waals surface area contributed by atoms with Crippen LogP contribution in [0, 0.1) is 5.92 Å².